The van der Waals surface area contributed by atoms with Gasteiger partial charge in [0.15, 0.2) is 0 Å². The van der Waals surface area contributed by atoms with Crippen molar-refractivity contribution in [3.8, 4) is 0 Å². The van der Waals surface area contributed by atoms with E-state index in [0.717, 1.165) is 36.3 Å². The monoisotopic (exact) mass is 424 g/mol. The molecule has 4 rings (SSSR count). The molecule has 0 aromatic heterocycles. The molecule has 0 saturated carbocycles. The van der Waals surface area contributed by atoms with Gasteiger partial charge in [-0.25, -0.2) is 4.79 Å². The molecule has 1 saturated heterocycles. The maximum atomic E-state index is 13.4. The molecule has 168 valence electrons. The maximum absolute atomic E-state index is 13.4. The number of likely N-dealkylation sites (tertiary alicyclic amines) is 1. The fourth-order valence-electron chi connectivity index (χ4n) is 5.08. The normalized spacial score (nSPS) is 24.8. The molecule has 0 aliphatic carbocycles. The number of urea groups is 1. The lowest BCUT2D eigenvalue weighted by Crippen LogP contribution is -2.45. The van der Waals surface area contributed by atoms with Gasteiger partial charge in [0.2, 0.25) is 0 Å². The molecule has 1 fully saturated rings. The van der Waals surface area contributed by atoms with Crippen molar-refractivity contribution < 1.29 is 9.59 Å². The molecule has 3 aliphatic rings. The zero-order valence-corrected chi connectivity index (χ0v) is 19.4. The number of likely N-dealkylation sites (N-methyl/N-ethyl adjacent to an activating group) is 1. The smallest absolute Gasteiger partial charge is 0.322 e. The SMILES string of the molecule is CC(C)c1ccc([C@@H]2NC(=O)N(C)C3=C2C(=O)N(CCCN2CCCC[C@@H]2C)C3)cc1. The Bertz CT molecular complexity index is 861. The number of piperidine rings is 1. The second-order valence-electron chi connectivity index (χ2n) is 9.58. The van der Waals surface area contributed by atoms with Crippen LogP contribution >= 0.6 is 0 Å². The number of nitrogens with one attached hydrogen (secondary N) is 1. The minimum Gasteiger partial charge on any atom is -0.333 e. The second-order valence-corrected chi connectivity index (χ2v) is 9.58. The summed E-state index contributed by atoms with van der Waals surface area (Å²) in [5.41, 5.74) is 3.79. The van der Waals surface area contributed by atoms with Crippen LogP contribution in [0.25, 0.3) is 0 Å². The van der Waals surface area contributed by atoms with Gasteiger partial charge in [-0.15, -0.1) is 0 Å². The number of hydrogen-bond acceptors (Lipinski definition) is 3. The lowest BCUT2D eigenvalue weighted by Gasteiger charge is -2.33. The van der Waals surface area contributed by atoms with Crippen molar-refractivity contribution >= 4 is 11.9 Å². The summed E-state index contributed by atoms with van der Waals surface area (Å²) >= 11 is 0. The van der Waals surface area contributed by atoms with E-state index in [4.69, 9.17) is 0 Å². The summed E-state index contributed by atoms with van der Waals surface area (Å²) < 4.78 is 0. The van der Waals surface area contributed by atoms with Crippen LogP contribution in [0.15, 0.2) is 35.5 Å². The van der Waals surface area contributed by atoms with E-state index in [0.29, 0.717) is 18.5 Å². The third kappa shape index (κ3) is 4.36. The fourth-order valence-corrected chi connectivity index (χ4v) is 5.08. The molecule has 0 unspecified atom stereocenters. The molecule has 3 aliphatic heterocycles. The van der Waals surface area contributed by atoms with Crippen LogP contribution < -0.4 is 5.32 Å². The summed E-state index contributed by atoms with van der Waals surface area (Å²) in [7, 11) is 1.76. The number of carbonyl (C=O) groups excluding carboxylic acids is 2. The molecule has 6 heteroatoms. The average Bonchev–Trinajstić information content (AvgIpc) is 3.09. The van der Waals surface area contributed by atoms with Crippen molar-refractivity contribution in [1.82, 2.24) is 20.0 Å². The molecule has 2 atom stereocenters. The van der Waals surface area contributed by atoms with Crippen LogP contribution in [0.4, 0.5) is 4.79 Å². The Morgan fingerprint density at radius 2 is 1.84 bits per heavy atom. The number of benzene rings is 1. The van der Waals surface area contributed by atoms with Crippen molar-refractivity contribution in [1.29, 1.82) is 0 Å². The van der Waals surface area contributed by atoms with Gasteiger partial charge in [0.1, 0.15) is 0 Å². The number of rotatable bonds is 6. The Morgan fingerprint density at radius 3 is 2.52 bits per heavy atom. The number of amides is 3. The molecule has 0 radical (unpaired) electrons. The van der Waals surface area contributed by atoms with Crippen molar-refractivity contribution in [3.05, 3.63) is 46.7 Å². The third-order valence-electron chi connectivity index (χ3n) is 7.19. The first-order valence-corrected chi connectivity index (χ1v) is 11.8. The van der Waals surface area contributed by atoms with Crippen molar-refractivity contribution in [2.45, 2.75) is 64.5 Å². The Hall–Kier alpha value is -2.34. The van der Waals surface area contributed by atoms with Crippen LogP contribution in [-0.4, -0.2) is 65.9 Å². The fraction of sp³-hybridized carbons (Fsp3) is 0.600. The molecule has 6 nitrogen and oxygen atoms in total. The highest BCUT2D eigenvalue weighted by Crippen LogP contribution is 2.36. The third-order valence-corrected chi connectivity index (χ3v) is 7.19. The maximum Gasteiger partial charge on any atom is 0.322 e. The number of hydrogen-bond donors (Lipinski definition) is 1. The molecule has 1 aromatic rings. The van der Waals surface area contributed by atoms with Gasteiger partial charge in [-0.1, -0.05) is 44.5 Å². The highest BCUT2D eigenvalue weighted by atomic mass is 16.2. The lowest BCUT2D eigenvalue weighted by atomic mass is 9.93. The van der Waals surface area contributed by atoms with E-state index in [-0.39, 0.29) is 18.0 Å². The van der Waals surface area contributed by atoms with Gasteiger partial charge in [-0.3, -0.25) is 9.69 Å². The predicted octanol–water partition coefficient (Wildman–Crippen LogP) is 3.87. The summed E-state index contributed by atoms with van der Waals surface area (Å²) in [6.07, 6.45) is 4.84. The van der Waals surface area contributed by atoms with Gasteiger partial charge in [-0.05, 0) is 49.8 Å². The van der Waals surface area contributed by atoms with Crippen LogP contribution in [-0.2, 0) is 4.79 Å². The van der Waals surface area contributed by atoms with Crippen molar-refractivity contribution in [3.63, 3.8) is 0 Å². The Kier molecular flexibility index (Phi) is 6.37. The topological polar surface area (TPSA) is 55.9 Å². The zero-order valence-electron chi connectivity index (χ0n) is 19.4. The van der Waals surface area contributed by atoms with Crippen LogP contribution in [0.1, 0.15) is 69.5 Å². The van der Waals surface area contributed by atoms with E-state index in [2.05, 4.69) is 43.1 Å². The van der Waals surface area contributed by atoms with E-state index in [9.17, 15) is 9.59 Å². The standard InChI is InChI=1S/C25H36N4O2/c1-17(2)19-9-11-20(12-10-19)23-22-21(27(4)25(31)26-23)16-29(24(22)30)15-7-14-28-13-6-5-8-18(28)3/h9-12,17-18,23H,5-8,13-16H2,1-4H3,(H,26,31)/t18-,23-/m0/s1. The molecule has 1 N–H and O–H groups in total. The first-order chi connectivity index (χ1) is 14.9. The second kappa shape index (κ2) is 9.03. The van der Waals surface area contributed by atoms with Gasteiger partial charge in [0.25, 0.3) is 5.91 Å². The number of carbonyl (C=O) groups is 2. The van der Waals surface area contributed by atoms with E-state index < -0.39 is 0 Å². The van der Waals surface area contributed by atoms with Crippen LogP contribution in [0, 0.1) is 0 Å². The quantitative estimate of drug-likeness (QED) is 0.754. The van der Waals surface area contributed by atoms with Gasteiger partial charge < -0.3 is 15.1 Å². The van der Waals surface area contributed by atoms with Gasteiger partial charge in [0, 0.05) is 26.2 Å². The molecular weight excluding hydrogens is 388 g/mol. The highest BCUT2D eigenvalue weighted by Gasteiger charge is 2.42. The molecule has 1 aromatic carbocycles. The van der Waals surface area contributed by atoms with Crippen LogP contribution in [0.2, 0.25) is 0 Å². The van der Waals surface area contributed by atoms with Gasteiger partial charge >= 0.3 is 6.03 Å². The summed E-state index contributed by atoms with van der Waals surface area (Å²) in [5, 5.41) is 3.04. The molecular formula is C25H36N4O2. The summed E-state index contributed by atoms with van der Waals surface area (Å²) in [5.74, 6) is 0.508. The Balaban J connectivity index is 1.47. The molecule has 0 spiro atoms. The van der Waals surface area contributed by atoms with Crippen molar-refractivity contribution in [2.24, 2.45) is 0 Å². The molecule has 0 bridgehead atoms. The minimum absolute atomic E-state index is 0.0616. The number of nitrogens with zero attached hydrogens (tertiary/aromatic N) is 3. The minimum atomic E-state index is -0.375. The summed E-state index contributed by atoms with van der Waals surface area (Å²) in [6.45, 7) is 10.1. The van der Waals surface area contributed by atoms with E-state index >= 15 is 0 Å². The van der Waals surface area contributed by atoms with E-state index in [1.165, 1.54) is 31.4 Å². The summed E-state index contributed by atoms with van der Waals surface area (Å²) in [4.78, 5) is 32.1. The van der Waals surface area contributed by atoms with Crippen LogP contribution in [0.5, 0.6) is 0 Å². The van der Waals surface area contributed by atoms with Crippen molar-refractivity contribution in [2.75, 3.05) is 33.2 Å². The summed E-state index contributed by atoms with van der Waals surface area (Å²) in [6, 6.07) is 8.41. The zero-order chi connectivity index (χ0) is 22.1. The Labute approximate surface area is 186 Å². The molecule has 3 heterocycles. The first kappa shape index (κ1) is 21.9. The molecule has 3 amide bonds. The van der Waals surface area contributed by atoms with Gasteiger partial charge in [-0.2, -0.15) is 0 Å². The molecule has 31 heavy (non-hydrogen) atoms. The highest BCUT2D eigenvalue weighted by molar-refractivity contribution is 6.01. The van der Waals surface area contributed by atoms with E-state index in [1.54, 1.807) is 11.9 Å². The van der Waals surface area contributed by atoms with Crippen LogP contribution in [0.3, 0.4) is 0 Å². The van der Waals surface area contributed by atoms with E-state index in [1.807, 2.05) is 17.0 Å². The lowest BCUT2D eigenvalue weighted by molar-refractivity contribution is -0.125. The predicted molar refractivity (Wildman–Crippen MR) is 123 cm³/mol. The average molecular weight is 425 g/mol. The largest absolute Gasteiger partial charge is 0.333 e. The first-order valence-electron chi connectivity index (χ1n) is 11.8. The Morgan fingerprint density at radius 1 is 1.10 bits per heavy atom. The van der Waals surface area contributed by atoms with Gasteiger partial charge in [0.05, 0.1) is 23.9 Å².